The molecular weight excluding hydrogens is 240 g/mol. The molecule has 0 spiro atoms. The Bertz CT molecular complexity index is 731. The van der Waals surface area contributed by atoms with Gasteiger partial charge in [0.1, 0.15) is 0 Å². The number of hydrogen-bond donors (Lipinski definition) is 0. The minimum absolute atomic E-state index is 0.108. The fraction of sp³-hybridized carbons (Fsp3) is 0.267. The lowest BCUT2D eigenvalue weighted by Crippen LogP contribution is -2.06. The highest BCUT2D eigenvalue weighted by atomic mass is 16.5. The highest BCUT2D eigenvalue weighted by Gasteiger charge is 2.11. The van der Waals surface area contributed by atoms with Crippen LogP contribution < -0.4 is 9.47 Å². The lowest BCUT2D eigenvalue weighted by atomic mass is 10.1. The second-order valence-corrected chi connectivity index (χ2v) is 4.74. The molecule has 0 atom stereocenters. The van der Waals surface area contributed by atoms with Gasteiger partial charge in [0.05, 0.1) is 24.9 Å². The van der Waals surface area contributed by atoms with Crippen LogP contribution in [0.4, 0.5) is 0 Å². The minimum atomic E-state index is 0.108. The fourth-order valence-electron chi connectivity index (χ4n) is 2.22. The van der Waals surface area contributed by atoms with Gasteiger partial charge in [-0.1, -0.05) is 0 Å². The van der Waals surface area contributed by atoms with Crippen LogP contribution in [0.5, 0.6) is 11.5 Å². The van der Waals surface area contributed by atoms with Gasteiger partial charge in [-0.15, -0.1) is 0 Å². The minimum Gasteiger partial charge on any atom is -0.493 e. The molecule has 0 saturated heterocycles. The van der Waals surface area contributed by atoms with E-state index in [1.54, 1.807) is 7.11 Å². The average molecular weight is 256 g/mol. The Hall–Kier alpha value is -2.23. The molecule has 0 saturated carbocycles. The largest absolute Gasteiger partial charge is 0.493 e. The van der Waals surface area contributed by atoms with Crippen LogP contribution in [0.3, 0.4) is 0 Å². The van der Waals surface area contributed by atoms with Crippen molar-refractivity contribution in [2.24, 2.45) is 0 Å². The van der Waals surface area contributed by atoms with Crippen LogP contribution >= 0.6 is 0 Å². The van der Waals surface area contributed by atoms with Crippen molar-refractivity contribution in [3.63, 3.8) is 0 Å². The molecule has 0 aliphatic carbocycles. The van der Waals surface area contributed by atoms with Crippen LogP contribution in [0.1, 0.15) is 13.8 Å². The van der Waals surface area contributed by atoms with Crippen molar-refractivity contribution in [3.05, 3.63) is 36.7 Å². The predicted octanol–water partition coefficient (Wildman–Crippen LogP) is 3.28. The summed E-state index contributed by atoms with van der Waals surface area (Å²) in [5.74, 6) is 1.50. The van der Waals surface area contributed by atoms with E-state index in [0.717, 1.165) is 27.8 Å². The molecule has 0 unspecified atom stereocenters. The molecule has 3 rings (SSSR count). The highest BCUT2D eigenvalue weighted by Crippen LogP contribution is 2.34. The van der Waals surface area contributed by atoms with Gasteiger partial charge in [0.25, 0.3) is 0 Å². The molecular formula is C15H16N2O2. The maximum absolute atomic E-state index is 5.78. The van der Waals surface area contributed by atoms with Crippen molar-refractivity contribution < 1.29 is 9.47 Å². The van der Waals surface area contributed by atoms with Crippen LogP contribution in [0.15, 0.2) is 36.7 Å². The zero-order valence-corrected chi connectivity index (χ0v) is 11.3. The number of methoxy groups -OCH3 is 1. The number of benzene rings is 1. The van der Waals surface area contributed by atoms with E-state index >= 15 is 0 Å². The van der Waals surface area contributed by atoms with E-state index in [-0.39, 0.29) is 6.10 Å². The van der Waals surface area contributed by atoms with Gasteiger partial charge < -0.3 is 9.47 Å². The Labute approximate surface area is 111 Å². The normalized spacial score (nSPS) is 11.4. The Morgan fingerprint density at radius 3 is 2.79 bits per heavy atom. The van der Waals surface area contributed by atoms with Crippen molar-refractivity contribution in [1.29, 1.82) is 0 Å². The molecule has 0 aliphatic heterocycles. The molecule has 0 bridgehead atoms. The lowest BCUT2D eigenvalue weighted by molar-refractivity contribution is 0.230. The number of aromatic nitrogens is 2. The summed E-state index contributed by atoms with van der Waals surface area (Å²) in [7, 11) is 1.66. The van der Waals surface area contributed by atoms with Gasteiger partial charge in [-0.2, -0.15) is 5.10 Å². The molecule has 4 heteroatoms. The van der Waals surface area contributed by atoms with Gasteiger partial charge in [0, 0.05) is 17.0 Å². The molecule has 0 amide bonds. The summed E-state index contributed by atoms with van der Waals surface area (Å²) in [6, 6.07) is 8.00. The molecule has 0 radical (unpaired) electrons. The third-order valence-electron chi connectivity index (χ3n) is 3.02. The molecule has 2 heterocycles. The van der Waals surface area contributed by atoms with E-state index in [1.165, 1.54) is 0 Å². The summed E-state index contributed by atoms with van der Waals surface area (Å²) in [6.45, 7) is 4.00. The van der Waals surface area contributed by atoms with Crippen LogP contribution in [-0.2, 0) is 0 Å². The molecule has 98 valence electrons. The van der Waals surface area contributed by atoms with Gasteiger partial charge >= 0.3 is 0 Å². The number of fused-ring (bicyclic) bond motifs is 3. The Morgan fingerprint density at radius 1 is 1.21 bits per heavy atom. The highest BCUT2D eigenvalue weighted by molar-refractivity contribution is 5.97. The monoisotopic (exact) mass is 256 g/mol. The first-order valence-corrected chi connectivity index (χ1v) is 6.30. The molecule has 0 N–H and O–H groups in total. The molecule has 19 heavy (non-hydrogen) atoms. The number of hydrogen-bond acceptors (Lipinski definition) is 3. The summed E-state index contributed by atoms with van der Waals surface area (Å²) < 4.78 is 13.1. The van der Waals surface area contributed by atoms with Gasteiger partial charge in [0.15, 0.2) is 11.5 Å². The molecule has 0 aliphatic rings. The van der Waals surface area contributed by atoms with E-state index in [1.807, 2.05) is 55.0 Å². The van der Waals surface area contributed by atoms with E-state index in [2.05, 4.69) is 5.10 Å². The Morgan fingerprint density at radius 2 is 2.05 bits per heavy atom. The summed E-state index contributed by atoms with van der Waals surface area (Å²) in [5, 5.41) is 6.51. The van der Waals surface area contributed by atoms with Crippen molar-refractivity contribution in [2.45, 2.75) is 20.0 Å². The van der Waals surface area contributed by atoms with E-state index in [0.29, 0.717) is 0 Å². The lowest BCUT2D eigenvalue weighted by Gasteiger charge is -2.14. The topological polar surface area (TPSA) is 35.8 Å². The zero-order valence-electron chi connectivity index (χ0n) is 11.3. The SMILES string of the molecule is COc1cc2c(cnn3cccc23)cc1OC(C)C. The third-order valence-corrected chi connectivity index (χ3v) is 3.02. The van der Waals surface area contributed by atoms with Crippen LogP contribution in [0.2, 0.25) is 0 Å². The first kappa shape index (κ1) is 11.8. The summed E-state index contributed by atoms with van der Waals surface area (Å²) >= 11 is 0. The van der Waals surface area contributed by atoms with Crippen molar-refractivity contribution >= 4 is 16.3 Å². The van der Waals surface area contributed by atoms with E-state index in [4.69, 9.17) is 9.47 Å². The van der Waals surface area contributed by atoms with Crippen LogP contribution in [0, 0.1) is 0 Å². The Kier molecular flexibility index (Phi) is 2.78. The summed E-state index contributed by atoms with van der Waals surface area (Å²) in [4.78, 5) is 0. The number of rotatable bonds is 3. The van der Waals surface area contributed by atoms with E-state index < -0.39 is 0 Å². The van der Waals surface area contributed by atoms with E-state index in [9.17, 15) is 0 Å². The second kappa shape index (κ2) is 4.46. The maximum atomic E-state index is 5.78. The molecule has 2 aromatic heterocycles. The van der Waals surface area contributed by atoms with Crippen LogP contribution in [0.25, 0.3) is 16.3 Å². The standard InChI is InChI=1S/C15H16N2O2/c1-10(2)19-15-7-11-9-16-17-6-4-5-13(17)12(11)8-14(15)18-3/h4-10H,1-3H3. The smallest absolute Gasteiger partial charge is 0.162 e. The number of nitrogens with zero attached hydrogens (tertiary/aromatic N) is 2. The summed E-state index contributed by atoms with van der Waals surface area (Å²) in [6.07, 6.45) is 3.88. The first-order chi connectivity index (χ1) is 9.19. The first-order valence-electron chi connectivity index (χ1n) is 6.30. The van der Waals surface area contributed by atoms with Gasteiger partial charge in [-0.3, -0.25) is 0 Å². The van der Waals surface area contributed by atoms with Crippen molar-refractivity contribution in [2.75, 3.05) is 7.11 Å². The Balaban J connectivity index is 2.27. The van der Waals surface area contributed by atoms with Gasteiger partial charge in [-0.25, -0.2) is 4.52 Å². The second-order valence-electron chi connectivity index (χ2n) is 4.74. The number of ether oxygens (including phenoxy) is 2. The predicted molar refractivity (Wildman–Crippen MR) is 75.0 cm³/mol. The van der Waals surface area contributed by atoms with Crippen molar-refractivity contribution in [1.82, 2.24) is 9.61 Å². The third kappa shape index (κ3) is 1.99. The average Bonchev–Trinajstić information content (AvgIpc) is 2.85. The maximum Gasteiger partial charge on any atom is 0.162 e. The molecule has 3 aromatic rings. The molecule has 0 fully saturated rings. The zero-order chi connectivity index (χ0) is 13.4. The van der Waals surface area contributed by atoms with Gasteiger partial charge in [0.2, 0.25) is 0 Å². The van der Waals surface area contributed by atoms with Crippen molar-refractivity contribution in [3.8, 4) is 11.5 Å². The summed E-state index contributed by atoms with van der Waals surface area (Å²) in [5.41, 5.74) is 1.06. The van der Waals surface area contributed by atoms with Crippen LogP contribution in [-0.4, -0.2) is 22.8 Å². The fourth-order valence-corrected chi connectivity index (χ4v) is 2.22. The molecule has 4 nitrogen and oxygen atoms in total. The van der Waals surface area contributed by atoms with Gasteiger partial charge in [-0.05, 0) is 38.1 Å². The quantitative estimate of drug-likeness (QED) is 0.721. The molecule has 1 aromatic carbocycles.